The van der Waals surface area contributed by atoms with Gasteiger partial charge in [0.15, 0.2) is 0 Å². The standard InChI is InChI=1S/C14H15IN2/c15-13-5-3-11(4-6-13)8-14(16)9-12-2-1-7-17-10-12/h1-7,10,14H,8-9,16H2. The van der Waals surface area contributed by atoms with Gasteiger partial charge < -0.3 is 5.73 Å². The molecule has 0 saturated heterocycles. The second-order valence-corrected chi connectivity index (χ2v) is 5.40. The first-order valence-corrected chi connectivity index (χ1v) is 6.71. The van der Waals surface area contributed by atoms with E-state index in [1.54, 1.807) is 6.20 Å². The van der Waals surface area contributed by atoms with Crippen molar-refractivity contribution in [2.75, 3.05) is 0 Å². The Hall–Kier alpha value is -0.940. The van der Waals surface area contributed by atoms with Gasteiger partial charge in [0.05, 0.1) is 0 Å². The highest BCUT2D eigenvalue weighted by Crippen LogP contribution is 2.10. The Bertz CT molecular complexity index is 453. The zero-order valence-electron chi connectivity index (χ0n) is 9.51. The number of hydrogen-bond acceptors (Lipinski definition) is 2. The molecule has 3 heteroatoms. The van der Waals surface area contributed by atoms with E-state index in [0.717, 1.165) is 12.8 Å². The molecule has 0 radical (unpaired) electrons. The average Bonchev–Trinajstić information content (AvgIpc) is 2.33. The highest BCUT2D eigenvalue weighted by atomic mass is 127. The van der Waals surface area contributed by atoms with Crippen LogP contribution >= 0.6 is 22.6 Å². The number of benzene rings is 1. The van der Waals surface area contributed by atoms with Crippen LogP contribution in [0.2, 0.25) is 0 Å². The van der Waals surface area contributed by atoms with Gasteiger partial charge in [-0.05, 0) is 64.8 Å². The van der Waals surface area contributed by atoms with E-state index in [2.05, 4.69) is 57.9 Å². The molecule has 17 heavy (non-hydrogen) atoms. The summed E-state index contributed by atoms with van der Waals surface area (Å²) in [5.41, 5.74) is 8.64. The number of nitrogens with two attached hydrogens (primary N) is 1. The van der Waals surface area contributed by atoms with Crippen molar-refractivity contribution in [3.63, 3.8) is 0 Å². The zero-order chi connectivity index (χ0) is 12.1. The Kier molecular flexibility index (Phi) is 4.50. The van der Waals surface area contributed by atoms with Crippen molar-refractivity contribution in [3.8, 4) is 0 Å². The predicted molar refractivity (Wildman–Crippen MR) is 78.8 cm³/mol. The first-order valence-electron chi connectivity index (χ1n) is 5.63. The van der Waals surface area contributed by atoms with E-state index in [4.69, 9.17) is 5.73 Å². The lowest BCUT2D eigenvalue weighted by Crippen LogP contribution is -2.25. The topological polar surface area (TPSA) is 38.9 Å². The van der Waals surface area contributed by atoms with Gasteiger partial charge in [-0.3, -0.25) is 4.98 Å². The Morgan fingerprint density at radius 3 is 2.41 bits per heavy atom. The molecule has 0 fully saturated rings. The molecule has 0 saturated carbocycles. The second-order valence-electron chi connectivity index (χ2n) is 4.16. The molecule has 1 unspecified atom stereocenters. The molecule has 1 aromatic heterocycles. The van der Waals surface area contributed by atoms with Crippen LogP contribution in [0.1, 0.15) is 11.1 Å². The average molecular weight is 338 g/mol. The Morgan fingerprint density at radius 1 is 1.06 bits per heavy atom. The van der Waals surface area contributed by atoms with Gasteiger partial charge in [-0.1, -0.05) is 18.2 Å². The molecule has 1 heterocycles. The van der Waals surface area contributed by atoms with E-state index in [1.807, 2.05) is 12.3 Å². The lowest BCUT2D eigenvalue weighted by molar-refractivity contribution is 0.663. The van der Waals surface area contributed by atoms with Crippen LogP contribution < -0.4 is 5.73 Å². The molecule has 0 spiro atoms. The normalized spacial score (nSPS) is 12.4. The van der Waals surface area contributed by atoms with Crippen LogP contribution in [0.5, 0.6) is 0 Å². The van der Waals surface area contributed by atoms with Crippen LogP contribution in [-0.2, 0) is 12.8 Å². The summed E-state index contributed by atoms with van der Waals surface area (Å²) in [6, 6.07) is 12.7. The van der Waals surface area contributed by atoms with Crippen molar-refractivity contribution >= 4 is 22.6 Å². The van der Waals surface area contributed by atoms with Crippen LogP contribution in [0.25, 0.3) is 0 Å². The third kappa shape index (κ3) is 4.09. The van der Waals surface area contributed by atoms with E-state index < -0.39 is 0 Å². The number of aromatic nitrogens is 1. The molecule has 1 atom stereocenters. The van der Waals surface area contributed by atoms with Crippen LogP contribution in [0.15, 0.2) is 48.8 Å². The van der Waals surface area contributed by atoms with E-state index >= 15 is 0 Å². The van der Waals surface area contributed by atoms with Gasteiger partial charge in [0, 0.05) is 22.0 Å². The SMILES string of the molecule is NC(Cc1ccc(I)cc1)Cc1cccnc1. The van der Waals surface area contributed by atoms with Gasteiger partial charge in [-0.2, -0.15) is 0 Å². The molecule has 2 rings (SSSR count). The van der Waals surface area contributed by atoms with Gasteiger partial charge in [0.1, 0.15) is 0 Å². The second kappa shape index (κ2) is 6.12. The number of nitrogens with zero attached hydrogens (tertiary/aromatic N) is 1. The Morgan fingerprint density at radius 2 is 1.76 bits per heavy atom. The molecule has 0 amide bonds. The summed E-state index contributed by atoms with van der Waals surface area (Å²) in [6.45, 7) is 0. The van der Waals surface area contributed by atoms with E-state index in [1.165, 1.54) is 14.7 Å². The Balaban J connectivity index is 1.93. The van der Waals surface area contributed by atoms with Gasteiger partial charge in [-0.15, -0.1) is 0 Å². The fourth-order valence-electron chi connectivity index (χ4n) is 1.82. The first-order chi connectivity index (χ1) is 8.24. The van der Waals surface area contributed by atoms with E-state index in [-0.39, 0.29) is 6.04 Å². The molecule has 2 nitrogen and oxygen atoms in total. The fourth-order valence-corrected chi connectivity index (χ4v) is 2.18. The minimum absolute atomic E-state index is 0.152. The maximum Gasteiger partial charge on any atom is 0.0300 e. The van der Waals surface area contributed by atoms with Crippen molar-refractivity contribution in [2.24, 2.45) is 5.73 Å². The summed E-state index contributed by atoms with van der Waals surface area (Å²) < 4.78 is 1.26. The van der Waals surface area contributed by atoms with Gasteiger partial charge in [0.2, 0.25) is 0 Å². The van der Waals surface area contributed by atoms with E-state index in [9.17, 15) is 0 Å². The smallest absolute Gasteiger partial charge is 0.0300 e. The molecule has 88 valence electrons. The molecule has 0 bridgehead atoms. The highest BCUT2D eigenvalue weighted by Gasteiger charge is 2.05. The summed E-state index contributed by atoms with van der Waals surface area (Å²) in [7, 11) is 0. The molecule has 2 N–H and O–H groups in total. The van der Waals surface area contributed by atoms with Crippen LogP contribution in [0.3, 0.4) is 0 Å². The lowest BCUT2D eigenvalue weighted by Gasteiger charge is -2.11. The molecule has 0 aliphatic carbocycles. The number of hydrogen-bond donors (Lipinski definition) is 1. The van der Waals surface area contributed by atoms with Crippen molar-refractivity contribution in [1.29, 1.82) is 0 Å². The maximum absolute atomic E-state index is 6.15. The monoisotopic (exact) mass is 338 g/mol. The summed E-state index contributed by atoms with van der Waals surface area (Å²) in [5.74, 6) is 0. The van der Waals surface area contributed by atoms with Crippen molar-refractivity contribution in [3.05, 3.63) is 63.5 Å². The predicted octanol–water partition coefficient (Wildman–Crippen LogP) is 2.80. The van der Waals surface area contributed by atoms with Crippen molar-refractivity contribution in [2.45, 2.75) is 18.9 Å². The van der Waals surface area contributed by atoms with Gasteiger partial charge in [0.25, 0.3) is 0 Å². The molecule has 2 aromatic rings. The molecular weight excluding hydrogens is 323 g/mol. The largest absolute Gasteiger partial charge is 0.327 e. The van der Waals surface area contributed by atoms with Crippen LogP contribution in [-0.4, -0.2) is 11.0 Å². The third-order valence-corrected chi connectivity index (χ3v) is 3.35. The quantitative estimate of drug-likeness (QED) is 0.871. The van der Waals surface area contributed by atoms with E-state index in [0.29, 0.717) is 0 Å². The van der Waals surface area contributed by atoms with Gasteiger partial charge in [-0.25, -0.2) is 0 Å². The molecule has 0 aliphatic rings. The number of pyridine rings is 1. The molecule has 1 aromatic carbocycles. The molecule has 0 aliphatic heterocycles. The van der Waals surface area contributed by atoms with Crippen LogP contribution in [0, 0.1) is 3.57 Å². The maximum atomic E-state index is 6.15. The molecular formula is C14H15IN2. The number of halogens is 1. The summed E-state index contributed by atoms with van der Waals surface area (Å²) in [6.07, 6.45) is 5.45. The van der Waals surface area contributed by atoms with Crippen molar-refractivity contribution in [1.82, 2.24) is 4.98 Å². The van der Waals surface area contributed by atoms with Crippen molar-refractivity contribution < 1.29 is 0 Å². The third-order valence-electron chi connectivity index (χ3n) is 2.63. The lowest BCUT2D eigenvalue weighted by atomic mass is 10.0. The zero-order valence-corrected chi connectivity index (χ0v) is 11.7. The highest BCUT2D eigenvalue weighted by molar-refractivity contribution is 14.1. The number of rotatable bonds is 4. The van der Waals surface area contributed by atoms with Crippen LogP contribution in [0.4, 0.5) is 0 Å². The first kappa shape index (κ1) is 12.5. The minimum Gasteiger partial charge on any atom is -0.327 e. The summed E-state index contributed by atoms with van der Waals surface area (Å²) in [4.78, 5) is 4.10. The van der Waals surface area contributed by atoms with Gasteiger partial charge >= 0.3 is 0 Å². The Labute approximate surface area is 115 Å². The minimum atomic E-state index is 0.152. The summed E-state index contributed by atoms with van der Waals surface area (Å²) >= 11 is 2.31. The summed E-state index contributed by atoms with van der Waals surface area (Å²) in [5, 5.41) is 0. The fraction of sp³-hybridized carbons (Fsp3) is 0.214.